The number of carbonyl (C=O) groups is 1. The highest BCUT2D eigenvalue weighted by Crippen LogP contribution is 2.33. The van der Waals surface area contributed by atoms with Crippen molar-refractivity contribution in [3.8, 4) is 0 Å². The van der Waals surface area contributed by atoms with Gasteiger partial charge in [0.15, 0.2) is 0 Å². The molecule has 19 heavy (non-hydrogen) atoms. The maximum atomic E-state index is 11.6. The summed E-state index contributed by atoms with van der Waals surface area (Å²) in [5.41, 5.74) is 7.07. The predicted octanol–water partition coefficient (Wildman–Crippen LogP) is 5.17. The maximum absolute atomic E-state index is 11.6. The van der Waals surface area contributed by atoms with Crippen molar-refractivity contribution in [2.24, 2.45) is 0 Å². The van der Waals surface area contributed by atoms with Crippen molar-refractivity contribution < 1.29 is 4.79 Å². The number of carbonyl (C=O) groups excluding carboxylic acids is 1. The summed E-state index contributed by atoms with van der Waals surface area (Å²) in [4.78, 5) is 11.6. The lowest BCUT2D eigenvalue weighted by atomic mass is 9.82. The first-order valence-electron chi connectivity index (χ1n) is 7.51. The Hall–Kier alpha value is -1.11. The molecule has 106 valence electrons. The quantitative estimate of drug-likeness (QED) is 0.689. The Kier molecular flexibility index (Phi) is 5.78. The second kappa shape index (κ2) is 6.88. The normalized spacial score (nSPS) is 12.5. The van der Waals surface area contributed by atoms with E-state index in [1.165, 1.54) is 27.8 Å². The summed E-state index contributed by atoms with van der Waals surface area (Å²) in [6.45, 7) is 13.0. The fourth-order valence-corrected chi connectivity index (χ4v) is 2.92. The molecule has 0 heterocycles. The zero-order chi connectivity index (χ0) is 14.6. The van der Waals surface area contributed by atoms with Gasteiger partial charge in [-0.05, 0) is 74.3 Å². The Bertz CT molecular complexity index is 431. The fourth-order valence-electron chi connectivity index (χ4n) is 2.92. The highest BCUT2D eigenvalue weighted by Gasteiger charge is 2.18. The smallest absolute Gasteiger partial charge is 0.132 e. The molecule has 1 rings (SSSR count). The Morgan fingerprint density at radius 1 is 1.05 bits per heavy atom. The molecular weight excluding hydrogens is 232 g/mol. The molecule has 0 aromatic heterocycles. The van der Waals surface area contributed by atoms with E-state index in [0.29, 0.717) is 18.1 Å². The predicted molar refractivity (Wildman–Crippen MR) is 83.0 cm³/mol. The van der Waals surface area contributed by atoms with Gasteiger partial charge in [0.1, 0.15) is 5.78 Å². The lowest BCUT2D eigenvalue weighted by Crippen LogP contribution is -2.08. The van der Waals surface area contributed by atoms with Crippen LogP contribution in [0.15, 0.2) is 6.07 Å². The van der Waals surface area contributed by atoms with Crippen molar-refractivity contribution in [3.05, 3.63) is 33.9 Å². The van der Waals surface area contributed by atoms with Gasteiger partial charge in [0, 0.05) is 12.8 Å². The zero-order valence-electron chi connectivity index (χ0n) is 13.4. The van der Waals surface area contributed by atoms with Crippen molar-refractivity contribution in [1.29, 1.82) is 0 Å². The first-order chi connectivity index (χ1) is 8.92. The van der Waals surface area contributed by atoms with Gasteiger partial charge in [-0.15, -0.1) is 0 Å². The number of hydrogen-bond donors (Lipinski definition) is 0. The van der Waals surface area contributed by atoms with Gasteiger partial charge in [0.25, 0.3) is 0 Å². The van der Waals surface area contributed by atoms with Crippen LogP contribution in [0, 0.1) is 27.7 Å². The Morgan fingerprint density at radius 3 is 2.00 bits per heavy atom. The summed E-state index contributed by atoms with van der Waals surface area (Å²) in [6.07, 6.45) is 3.50. The van der Waals surface area contributed by atoms with Gasteiger partial charge in [0.05, 0.1) is 0 Å². The van der Waals surface area contributed by atoms with Gasteiger partial charge >= 0.3 is 0 Å². The lowest BCUT2D eigenvalue weighted by Gasteiger charge is -2.23. The third-order valence-corrected chi connectivity index (χ3v) is 4.49. The SMILES string of the molecule is CCC(=O)CCC(CC)c1c(C)c(C)cc(C)c1C. The van der Waals surface area contributed by atoms with E-state index < -0.39 is 0 Å². The number of aryl methyl sites for hydroxylation is 2. The fraction of sp³-hybridized carbons (Fsp3) is 0.611. The third-order valence-electron chi connectivity index (χ3n) is 4.49. The number of ketones is 1. The van der Waals surface area contributed by atoms with E-state index in [-0.39, 0.29) is 0 Å². The first kappa shape index (κ1) is 15.9. The number of benzene rings is 1. The molecule has 0 radical (unpaired) electrons. The molecule has 1 nitrogen and oxygen atoms in total. The standard InChI is InChI=1S/C18H28O/c1-7-16(9-10-17(19)8-2)18-14(5)12(3)11-13(4)15(18)6/h11,16H,7-10H2,1-6H3. The highest BCUT2D eigenvalue weighted by molar-refractivity contribution is 5.78. The minimum absolute atomic E-state index is 0.387. The molecule has 1 aromatic carbocycles. The van der Waals surface area contributed by atoms with Crippen LogP contribution >= 0.6 is 0 Å². The molecule has 0 fully saturated rings. The Balaban J connectivity index is 3.07. The zero-order valence-corrected chi connectivity index (χ0v) is 13.4. The van der Waals surface area contributed by atoms with Crippen LogP contribution in [0.5, 0.6) is 0 Å². The molecule has 1 unspecified atom stereocenters. The van der Waals surface area contributed by atoms with E-state index in [2.05, 4.69) is 40.7 Å². The van der Waals surface area contributed by atoms with Crippen LogP contribution < -0.4 is 0 Å². The summed E-state index contributed by atoms with van der Waals surface area (Å²) in [7, 11) is 0. The molecule has 0 aliphatic rings. The molecule has 0 aliphatic carbocycles. The van der Waals surface area contributed by atoms with Crippen LogP contribution in [0.1, 0.15) is 73.3 Å². The molecule has 1 aromatic rings. The minimum Gasteiger partial charge on any atom is -0.300 e. The van der Waals surface area contributed by atoms with E-state index in [1.54, 1.807) is 0 Å². The number of Topliss-reactive ketones (excluding diaryl/α,β-unsaturated/α-hetero) is 1. The molecule has 1 atom stereocenters. The second-order valence-corrected chi connectivity index (χ2v) is 5.71. The third kappa shape index (κ3) is 3.68. The van der Waals surface area contributed by atoms with Crippen LogP contribution in [0.2, 0.25) is 0 Å². The Labute approximate surface area is 118 Å². The lowest BCUT2D eigenvalue weighted by molar-refractivity contribution is -0.118. The summed E-state index contributed by atoms with van der Waals surface area (Å²) in [5.74, 6) is 0.909. The van der Waals surface area contributed by atoms with Gasteiger partial charge in [-0.2, -0.15) is 0 Å². The number of rotatable bonds is 6. The molecule has 0 amide bonds. The molecule has 0 saturated heterocycles. The summed E-state index contributed by atoms with van der Waals surface area (Å²) in [6, 6.07) is 2.28. The van der Waals surface area contributed by atoms with E-state index >= 15 is 0 Å². The second-order valence-electron chi connectivity index (χ2n) is 5.71. The molecule has 1 heteroatoms. The van der Waals surface area contributed by atoms with Crippen LogP contribution in [-0.2, 0) is 4.79 Å². The van der Waals surface area contributed by atoms with Crippen LogP contribution in [0.3, 0.4) is 0 Å². The van der Waals surface area contributed by atoms with Crippen molar-refractivity contribution >= 4 is 5.78 Å². The minimum atomic E-state index is 0.387. The average Bonchev–Trinajstić information content (AvgIpc) is 2.39. The van der Waals surface area contributed by atoms with E-state index in [1.807, 2.05) is 6.92 Å². The Morgan fingerprint density at radius 2 is 1.58 bits per heavy atom. The molecule has 0 aliphatic heterocycles. The molecule has 0 saturated carbocycles. The maximum Gasteiger partial charge on any atom is 0.132 e. The monoisotopic (exact) mass is 260 g/mol. The summed E-state index contributed by atoms with van der Waals surface area (Å²) in [5, 5.41) is 0. The van der Waals surface area contributed by atoms with Crippen LogP contribution in [0.25, 0.3) is 0 Å². The molecule has 0 N–H and O–H groups in total. The van der Waals surface area contributed by atoms with Crippen LogP contribution in [-0.4, -0.2) is 5.78 Å². The van der Waals surface area contributed by atoms with Gasteiger partial charge in [0.2, 0.25) is 0 Å². The van der Waals surface area contributed by atoms with Crippen molar-refractivity contribution in [1.82, 2.24) is 0 Å². The molecular formula is C18H28O. The van der Waals surface area contributed by atoms with Gasteiger partial charge < -0.3 is 0 Å². The van der Waals surface area contributed by atoms with Gasteiger partial charge in [-0.25, -0.2) is 0 Å². The van der Waals surface area contributed by atoms with E-state index in [9.17, 15) is 4.79 Å². The topological polar surface area (TPSA) is 17.1 Å². The average molecular weight is 260 g/mol. The van der Waals surface area contributed by atoms with Crippen molar-refractivity contribution in [2.75, 3.05) is 0 Å². The molecule has 0 spiro atoms. The summed E-state index contributed by atoms with van der Waals surface area (Å²) >= 11 is 0. The molecule has 0 bridgehead atoms. The van der Waals surface area contributed by atoms with Crippen molar-refractivity contribution in [3.63, 3.8) is 0 Å². The highest BCUT2D eigenvalue weighted by atomic mass is 16.1. The van der Waals surface area contributed by atoms with Gasteiger partial charge in [-0.1, -0.05) is 19.9 Å². The first-order valence-corrected chi connectivity index (χ1v) is 7.51. The van der Waals surface area contributed by atoms with Gasteiger partial charge in [-0.3, -0.25) is 4.79 Å². The van der Waals surface area contributed by atoms with Crippen LogP contribution in [0.4, 0.5) is 0 Å². The largest absolute Gasteiger partial charge is 0.300 e. The van der Waals surface area contributed by atoms with Crippen molar-refractivity contribution in [2.45, 2.75) is 73.1 Å². The van der Waals surface area contributed by atoms with E-state index in [4.69, 9.17) is 0 Å². The number of hydrogen-bond acceptors (Lipinski definition) is 1. The summed E-state index contributed by atoms with van der Waals surface area (Å²) < 4.78 is 0. The van der Waals surface area contributed by atoms with E-state index in [0.717, 1.165) is 19.3 Å².